The summed E-state index contributed by atoms with van der Waals surface area (Å²) in [7, 11) is 0. The van der Waals surface area contributed by atoms with E-state index in [-0.39, 0.29) is 11.7 Å². The van der Waals surface area contributed by atoms with Gasteiger partial charge in [-0.05, 0) is 55.2 Å². The van der Waals surface area contributed by atoms with E-state index in [4.69, 9.17) is 0 Å². The molecule has 0 radical (unpaired) electrons. The Labute approximate surface area is 147 Å². The minimum atomic E-state index is -0.755. The zero-order valence-electron chi connectivity index (χ0n) is 14.6. The first-order chi connectivity index (χ1) is 11.9. The number of nitrogens with one attached hydrogen (secondary N) is 2. The number of ketones is 1. The highest BCUT2D eigenvalue weighted by atomic mass is 16.2. The van der Waals surface area contributed by atoms with Crippen LogP contribution in [0.1, 0.15) is 49.0 Å². The highest BCUT2D eigenvalue weighted by Crippen LogP contribution is 2.26. The summed E-state index contributed by atoms with van der Waals surface area (Å²) in [6, 6.07) is 13.9. The molecule has 0 aliphatic carbocycles. The van der Waals surface area contributed by atoms with E-state index >= 15 is 0 Å². The average molecular weight is 338 g/mol. The Bertz CT molecular complexity index is 782. The number of rotatable bonds is 5. The third kappa shape index (κ3) is 4.76. The van der Waals surface area contributed by atoms with Crippen molar-refractivity contribution in [3.63, 3.8) is 0 Å². The predicted molar refractivity (Wildman–Crippen MR) is 98.9 cm³/mol. The number of para-hydroxylation sites is 1. The lowest BCUT2D eigenvalue weighted by atomic mass is 9.97. The molecule has 0 heterocycles. The van der Waals surface area contributed by atoms with E-state index in [0.717, 1.165) is 12.0 Å². The van der Waals surface area contributed by atoms with Gasteiger partial charge in [-0.2, -0.15) is 0 Å². The summed E-state index contributed by atoms with van der Waals surface area (Å²) in [5, 5.41) is 5.20. The number of benzene rings is 2. The van der Waals surface area contributed by atoms with Crippen LogP contribution in [-0.2, 0) is 9.59 Å². The van der Waals surface area contributed by atoms with Crippen molar-refractivity contribution < 1.29 is 14.4 Å². The molecule has 5 nitrogen and oxygen atoms in total. The van der Waals surface area contributed by atoms with Gasteiger partial charge in [-0.1, -0.05) is 32.0 Å². The lowest BCUT2D eigenvalue weighted by Crippen LogP contribution is -2.29. The van der Waals surface area contributed by atoms with Gasteiger partial charge in [0.05, 0.1) is 0 Å². The quantitative estimate of drug-likeness (QED) is 0.639. The Balaban J connectivity index is 2.06. The topological polar surface area (TPSA) is 75.3 Å². The smallest absolute Gasteiger partial charge is 0.314 e. The molecule has 0 aromatic heterocycles. The second-order valence-corrected chi connectivity index (χ2v) is 5.94. The third-order valence-electron chi connectivity index (χ3n) is 4.11. The predicted octanol–water partition coefficient (Wildman–Crippen LogP) is 3.98. The highest BCUT2D eigenvalue weighted by Gasteiger charge is 2.17. The monoisotopic (exact) mass is 338 g/mol. The highest BCUT2D eigenvalue weighted by molar-refractivity contribution is 6.43. The van der Waals surface area contributed by atoms with Gasteiger partial charge in [0.25, 0.3) is 0 Å². The van der Waals surface area contributed by atoms with Gasteiger partial charge in [-0.15, -0.1) is 0 Å². The van der Waals surface area contributed by atoms with E-state index in [1.165, 1.54) is 6.92 Å². The Morgan fingerprint density at radius 2 is 1.52 bits per heavy atom. The van der Waals surface area contributed by atoms with Gasteiger partial charge in [0.1, 0.15) is 0 Å². The Morgan fingerprint density at radius 1 is 0.920 bits per heavy atom. The van der Waals surface area contributed by atoms with E-state index in [9.17, 15) is 14.4 Å². The standard InChI is InChI=1S/C20H22N2O3/c1-4-13(2)17-7-5-6-8-18(17)22-20(25)19(24)21-16-11-9-15(10-12-16)14(3)23/h5-13H,4H2,1-3H3,(H,21,24)(H,22,25). The van der Waals surface area contributed by atoms with Crippen LogP contribution in [0.4, 0.5) is 11.4 Å². The van der Waals surface area contributed by atoms with Crippen molar-refractivity contribution in [2.24, 2.45) is 0 Å². The fraction of sp³-hybridized carbons (Fsp3) is 0.250. The van der Waals surface area contributed by atoms with Crippen LogP contribution in [0.2, 0.25) is 0 Å². The molecule has 0 aliphatic rings. The summed E-state index contributed by atoms with van der Waals surface area (Å²) in [5.41, 5.74) is 2.64. The summed E-state index contributed by atoms with van der Waals surface area (Å²) < 4.78 is 0. The van der Waals surface area contributed by atoms with E-state index in [1.807, 2.05) is 18.2 Å². The van der Waals surface area contributed by atoms with Crippen LogP contribution in [-0.4, -0.2) is 17.6 Å². The molecule has 2 N–H and O–H groups in total. The van der Waals surface area contributed by atoms with Crippen LogP contribution < -0.4 is 10.6 Å². The molecule has 2 aromatic rings. The van der Waals surface area contributed by atoms with Crippen molar-refractivity contribution >= 4 is 29.0 Å². The molecule has 2 rings (SSSR count). The maximum Gasteiger partial charge on any atom is 0.314 e. The van der Waals surface area contributed by atoms with Crippen LogP contribution >= 0.6 is 0 Å². The van der Waals surface area contributed by atoms with Gasteiger partial charge in [0.15, 0.2) is 5.78 Å². The summed E-state index contributed by atoms with van der Waals surface area (Å²) >= 11 is 0. The number of carbonyl (C=O) groups excluding carboxylic acids is 3. The zero-order valence-corrected chi connectivity index (χ0v) is 14.6. The molecule has 25 heavy (non-hydrogen) atoms. The number of anilines is 2. The summed E-state index contributed by atoms with van der Waals surface area (Å²) in [5.74, 6) is -1.27. The van der Waals surface area contributed by atoms with Gasteiger partial charge >= 0.3 is 11.8 Å². The van der Waals surface area contributed by atoms with Crippen LogP contribution in [0.15, 0.2) is 48.5 Å². The average Bonchev–Trinajstić information content (AvgIpc) is 2.61. The molecule has 2 amide bonds. The summed E-state index contributed by atoms with van der Waals surface area (Å²) in [6.07, 6.45) is 0.932. The lowest BCUT2D eigenvalue weighted by molar-refractivity contribution is -0.133. The van der Waals surface area contributed by atoms with E-state index in [2.05, 4.69) is 24.5 Å². The number of hydrogen-bond donors (Lipinski definition) is 2. The minimum Gasteiger partial charge on any atom is -0.318 e. The number of Topliss-reactive ketones (excluding diaryl/α,β-unsaturated/α-hetero) is 1. The number of hydrogen-bond acceptors (Lipinski definition) is 3. The summed E-state index contributed by atoms with van der Waals surface area (Å²) in [4.78, 5) is 35.5. The molecule has 5 heteroatoms. The molecule has 0 saturated heterocycles. The SMILES string of the molecule is CCC(C)c1ccccc1NC(=O)C(=O)Nc1ccc(C(C)=O)cc1. The molecule has 2 aromatic carbocycles. The first-order valence-corrected chi connectivity index (χ1v) is 8.24. The normalized spacial score (nSPS) is 11.5. The third-order valence-corrected chi connectivity index (χ3v) is 4.11. The van der Waals surface area contributed by atoms with E-state index < -0.39 is 11.8 Å². The molecule has 0 bridgehead atoms. The van der Waals surface area contributed by atoms with Crippen LogP contribution in [0.3, 0.4) is 0 Å². The number of amides is 2. The van der Waals surface area contributed by atoms with Crippen molar-refractivity contribution in [3.8, 4) is 0 Å². The van der Waals surface area contributed by atoms with Crippen molar-refractivity contribution in [2.45, 2.75) is 33.1 Å². The van der Waals surface area contributed by atoms with Gasteiger partial charge in [-0.3, -0.25) is 14.4 Å². The van der Waals surface area contributed by atoms with Gasteiger partial charge < -0.3 is 10.6 Å². The van der Waals surface area contributed by atoms with Crippen LogP contribution in [0, 0.1) is 0 Å². The van der Waals surface area contributed by atoms with Crippen molar-refractivity contribution in [2.75, 3.05) is 10.6 Å². The molecular weight excluding hydrogens is 316 g/mol. The molecule has 0 aliphatic heterocycles. The van der Waals surface area contributed by atoms with Crippen LogP contribution in [0.25, 0.3) is 0 Å². The van der Waals surface area contributed by atoms with Crippen molar-refractivity contribution in [1.29, 1.82) is 0 Å². The van der Waals surface area contributed by atoms with Crippen LogP contribution in [0.5, 0.6) is 0 Å². The maximum atomic E-state index is 12.2. The Morgan fingerprint density at radius 3 is 2.12 bits per heavy atom. The number of carbonyl (C=O) groups is 3. The first kappa shape index (κ1) is 18.4. The van der Waals surface area contributed by atoms with Gasteiger partial charge in [0.2, 0.25) is 0 Å². The minimum absolute atomic E-state index is 0.0581. The maximum absolute atomic E-state index is 12.2. The second-order valence-electron chi connectivity index (χ2n) is 5.94. The zero-order chi connectivity index (χ0) is 18.4. The fourth-order valence-electron chi connectivity index (χ4n) is 2.42. The Hall–Kier alpha value is -2.95. The molecular formula is C20H22N2O3. The van der Waals surface area contributed by atoms with E-state index in [0.29, 0.717) is 16.9 Å². The molecule has 1 unspecified atom stereocenters. The van der Waals surface area contributed by atoms with E-state index in [1.54, 1.807) is 30.3 Å². The first-order valence-electron chi connectivity index (χ1n) is 8.24. The largest absolute Gasteiger partial charge is 0.318 e. The summed E-state index contributed by atoms with van der Waals surface area (Å²) in [6.45, 7) is 5.61. The molecule has 0 saturated carbocycles. The van der Waals surface area contributed by atoms with Crippen molar-refractivity contribution in [1.82, 2.24) is 0 Å². The lowest BCUT2D eigenvalue weighted by Gasteiger charge is -2.15. The fourth-order valence-corrected chi connectivity index (χ4v) is 2.42. The van der Waals surface area contributed by atoms with Crippen molar-refractivity contribution in [3.05, 3.63) is 59.7 Å². The van der Waals surface area contributed by atoms with Gasteiger partial charge in [-0.25, -0.2) is 0 Å². The molecule has 0 spiro atoms. The molecule has 0 fully saturated rings. The molecule has 1 atom stereocenters. The van der Waals surface area contributed by atoms with Gasteiger partial charge in [0, 0.05) is 16.9 Å². The molecule has 130 valence electrons. The second kappa shape index (κ2) is 8.24. The Kier molecular flexibility index (Phi) is 6.06.